The summed E-state index contributed by atoms with van der Waals surface area (Å²) in [4.78, 5) is 76.4. The highest BCUT2D eigenvalue weighted by atomic mass is 16.6. The van der Waals surface area contributed by atoms with Gasteiger partial charge in [-0.3, -0.25) is 25.2 Å². The molecule has 0 saturated heterocycles. The molecular formula is C35H31N3O9. The first-order valence-corrected chi connectivity index (χ1v) is 14.3. The molecule has 4 aromatic carbocycles. The van der Waals surface area contributed by atoms with Crippen LogP contribution in [0.4, 0.5) is 5.69 Å². The van der Waals surface area contributed by atoms with Crippen molar-refractivity contribution >= 4 is 41.3 Å². The maximum absolute atomic E-state index is 13.3. The fourth-order valence-corrected chi connectivity index (χ4v) is 4.36. The second-order valence-corrected chi connectivity index (χ2v) is 10.5. The van der Waals surface area contributed by atoms with Crippen LogP contribution >= 0.6 is 0 Å². The summed E-state index contributed by atoms with van der Waals surface area (Å²) in [5, 5.41) is 12.7. The van der Waals surface area contributed by atoms with E-state index in [1.165, 1.54) is 48.5 Å². The van der Waals surface area contributed by atoms with Gasteiger partial charge in [-0.1, -0.05) is 65.7 Å². The number of nitrogens with one attached hydrogen (secondary N) is 3. The number of hydrazine groups is 1. The summed E-state index contributed by atoms with van der Waals surface area (Å²) in [6.07, 6.45) is -4.34. The minimum absolute atomic E-state index is 0.00780. The minimum atomic E-state index is -2.28. The van der Waals surface area contributed by atoms with Crippen molar-refractivity contribution in [3.8, 4) is 0 Å². The Hall–Kier alpha value is -6.30. The van der Waals surface area contributed by atoms with E-state index in [0.29, 0.717) is 16.8 Å². The number of hydrogen-bond acceptors (Lipinski definition) is 8. The van der Waals surface area contributed by atoms with Gasteiger partial charge in [-0.2, -0.15) is 0 Å². The van der Waals surface area contributed by atoms with E-state index in [9.17, 15) is 33.9 Å². The number of carbonyl (C=O) groups is 6. The molecule has 4 aromatic rings. The van der Waals surface area contributed by atoms with Crippen LogP contribution in [0.5, 0.6) is 0 Å². The second-order valence-electron chi connectivity index (χ2n) is 10.5. The summed E-state index contributed by atoms with van der Waals surface area (Å²) in [7, 11) is 0. The molecule has 4 rings (SSSR count). The maximum Gasteiger partial charge on any atom is 0.349 e. The molecule has 0 aliphatic rings. The number of rotatable bonds is 11. The maximum atomic E-state index is 13.3. The SMILES string of the molecule is Cc1cccc(C(=O)O[C@H](C(=O)O)[C@H](OC(=O)c2cccc(C)c2)C(=O)NNC(=O)c2ccc(NC(=O)Cc3ccccc3)cc2)c1. The zero-order valence-corrected chi connectivity index (χ0v) is 25.4. The van der Waals surface area contributed by atoms with Crippen molar-refractivity contribution < 1.29 is 43.3 Å². The van der Waals surface area contributed by atoms with Crippen LogP contribution in [0, 0.1) is 13.8 Å². The van der Waals surface area contributed by atoms with Crippen LogP contribution in [-0.2, 0) is 30.3 Å². The first-order chi connectivity index (χ1) is 22.5. The molecule has 0 bridgehead atoms. The summed E-state index contributed by atoms with van der Waals surface area (Å²) >= 11 is 0. The van der Waals surface area contributed by atoms with Gasteiger partial charge in [0.15, 0.2) is 0 Å². The number of carboxylic acids is 1. The smallest absolute Gasteiger partial charge is 0.349 e. The van der Waals surface area contributed by atoms with Gasteiger partial charge >= 0.3 is 17.9 Å². The van der Waals surface area contributed by atoms with Gasteiger partial charge in [-0.25, -0.2) is 14.4 Å². The minimum Gasteiger partial charge on any atom is -0.478 e. The number of aliphatic carboxylic acids is 1. The van der Waals surface area contributed by atoms with Crippen LogP contribution in [-0.4, -0.2) is 52.9 Å². The zero-order chi connectivity index (χ0) is 33.9. The highest BCUT2D eigenvalue weighted by Crippen LogP contribution is 2.16. The highest BCUT2D eigenvalue weighted by molar-refractivity contribution is 5.99. The molecule has 0 saturated carbocycles. The van der Waals surface area contributed by atoms with Gasteiger partial charge in [0.05, 0.1) is 17.5 Å². The van der Waals surface area contributed by atoms with Crippen LogP contribution in [0.15, 0.2) is 103 Å². The van der Waals surface area contributed by atoms with Gasteiger partial charge in [-0.05, 0) is 67.9 Å². The standard InChI is InChI=1S/C35H31N3O9/c1-21-8-6-12-25(18-21)34(44)46-29(30(33(42)43)47-35(45)26-13-7-9-22(2)19-26)32(41)38-37-31(40)24-14-16-27(17-15-24)36-28(39)20-23-10-4-3-5-11-23/h3-19,29-30H,20H2,1-2H3,(H,36,39)(H,37,40)(H,38,41)(H,42,43)/t29-,30-/m0/s1. The Morgan fingerprint density at radius 1 is 0.638 bits per heavy atom. The quantitative estimate of drug-likeness (QED) is 0.141. The van der Waals surface area contributed by atoms with Crippen LogP contribution < -0.4 is 16.2 Å². The van der Waals surface area contributed by atoms with E-state index in [4.69, 9.17) is 9.47 Å². The Labute approximate surface area is 269 Å². The molecule has 0 aliphatic heterocycles. The molecule has 4 N–H and O–H groups in total. The summed E-state index contributed by atoms with van der Waals surface area (Å²) in [5.74, 6) is -6.28. The topological polar surface area (TPSA) is 177 Å². The van der Waals surface area contributed by atoms with Crippen molar-refractivity contribution in [1.82, 2.24) is 10.9 Å². The zero-order valence-electron chi connectivity index (χ0n) is 25.4. The third-order valence-corrected chi connectivity index (χ3v) is 6.69. The van der Waals surface area contributed by atoms with E-state index >= 15 is 0 Å². The molecule has 0 heterocycles. The van der Waals surface area contributed by atoms with E-state index in [2.05, 4.69) is 10.7 Å². The number of aryl methyl sites for hydroxylation is 2. The first kappa shape index (κ1) is 33.6. The Balaban J connectivity index is 1.46. The fraction of sp³-hybridized carbons (Fsp3) is 0.143. The molecule has 12 heteroatoms. The van der Waals surface area contributed by atoms with Gasteiger partial charge < -0.3 is 19.9 Å². The lowest BCUT2D eigenvalue weighted by Gasteiger charge is -2.23. The van der Waals surface area contributed by atoms with Crippen LogP contribution in [0.2, 0.25) is 0 Å². The largest absolute Gasteiger partial charge is 0.478 e. The average Bonchev–Trinajstić information content (AvgIpc) is 3.05. The average molecular weight is 638 g/mol. The summed E-state index contributed by atoms with van der Waals surface area (Å²) in [6, 6.07) is 27.1. The Morgan fingerprint density at radius 2 is 1.19 bits per heavy atom. The van der Waals surface area contributed by atoms with Crippen molar-refractivity contribution in [3.05, 3.63) is 137 Å². The van der Waals surface area contributed by atoms with Gasteiger partial charge in [0.25, 0.3) is 11.8 Å². The number of carboxylic acid groups (broad SMARTS) is 1. The highest BCUT2D eigenvalue weighted by Gasteiger charge is 2.41. The number of ether oxygens (including phenoxy) is 2. The van der Waals surface area contributed by atoms with Gasteiger partial charge in [-0.15, -0.1) is 0 Å². The Kier molecular flexibility index (Phi) is 11.2. The van der Waals surface area contributed by atoms with E-state index in [-0.39, 0.29) is 29.0 Å². The van der Waals surface area contributed by atoms with Crippen LogP contribution in [0.1, 0.15) is 47.8 Å². The number of esters is 2. The van der Waals surface area contributed by atoms with Crippen molar-refractivity contribution in [2.45, 2.75) is 32.5 Å². The normalized spacial score (nSPS) is 11.7. The van der Waals surface area contributed by atoms with E-state index < -0.39 is 41.9 Å². The van der Waals surface area contributed by atoms with E-state index in [0.717, 1.165) is 5.56 Å². The van der Waals surface area contributed by atoms with Gasteiger partial charge in [0.1, 0.15) is 0 Å². The number of benzene rings is 4. The Morgan fingerprint density at radius 3 is 1.72 bits per heavy atom. The molecule has 0 aromatic heterocycles. The van der Waals surface area contributed by atoms with Gasteiger partial charge in [0.2, 0.25) is 18.1 Å². The lowest BCUT2D eigenvalue weighted by atomic mass is 10.1. The number of anilines is 1. The third-order valence-electron chi connectivity index (χ3n) is 6.69. The van der Waals surface area contributed by atoms with Crippen LogP contribution in [0.3, 0.4) is 0 Å². The molecule has 0 unspecified atom stereocenters. The molecule has 0 radical (unpaired) electrons. The molecule has 47 heavy (non-hydrogen) atoms. The van der Waals surface area contributed by atoms with Crippen LogP contribution in [0.25, 0.3) is 0 Å². The van der Waals surface area contributed by atoms with E-state index in [1.807, 2.05) is 35.8 Å². The molecule has 0 spiro atoms. The molecule has 240 valence electrons. The first-order valence-electron chi connectivity index (χ1n) is 14.3. The molecule has 2 atom stereocenters. The monoisotopic (exact) mass is 637 g/mol. The molecular weight excluding hydrogens is 606 g/mol. The predicted octanol–water partition coefficient (Wildman–Crippen LogP) is 3.78. The number of hydrogen-bond donors (Lipinski definition) is 4. The van der Waals surface area contributed by atoms with Crippen molar-refractivity contribution in [1.29, 1.82) is 0 Å². The van der Waals surface area contributed by atoms with Crippen molar-refractivity contribution in [3.63, 3.8) is 0 Å². The predicted molar refractivity (Wildman–Crippen MR) is 169 cm³/mol. The number of carbonyl (C=O) groups excluding carboxylic acids is 5. The molecule has 0 aliphatic carbocycles. The van der Waals surface area contributed by atoms with Crippen molar-refractivity contribution in [2.75, 3.05) is 5.32 Å². The molecule has 3 amide bonds. The summed E-state index contributed by atoms with van der Waals surface area (Å²) in [5.41, 5.74) is 6.89. The van der Waals surface area contributed by atoms with Gasteiger partial charge in [0, 0.05) is 11.3 Å². The lowest BCUT2D eigenvalue weighted by Crippen LogP contribution is -2.54. The fourth-order valence-electron chi connectivity index (χ4n) is 4.36. The van der Waals surface area contributed by atoms with Crippen molar-refractivity contribution in [2.24, 2.45) is 0 Å². The lowest BCUT2D eigenvalue weighted by molar-refractivity contribution is -0.159. The molecule has 12 nitrogen and oxygen atoms in total. The summed E-state index contributed by atoms with van der Waals surface area (Å²) in [6.45, 7) is 3.43. The summed E-state index contributed by atoms with van der Waals surface area (Å²) < 4.78 is 10.4. The Bertz CT molecular complexity index is 1790. The third kappa shape index (κ3) is 9.59. The molecule has 0 fully saturated rings. The van der Waals surface area contributed by atoms with E-state index in [1.54, 1.807) is 38.1 Å². The number of amides is 3. The second kappa shape index (κ2) is 15.6.